The lowest BCUT2D eigenvalue weighted by Crippen LogP contribution is -2.35. The normalized spacial score (nSPS) is 12.2. The van der Waals surface area contributed by atoms with Crippen LogP contribution in [0.2, 0.25) is 5.02 Å². The van der Waals surface area contributed by atoms with Gasteiger partial charge in [0.15, 0.2) is 0 Å². The first-order valence-electron chi connectivity index (χ1n) is 6.18. The molecule has 1 heterocycles. The molecule has 5 nitrogen and oxygen atoms in total. The van der Waals surface area contributed by atoms with E-state index in [0.717, 1.165) is 23.5 Å². The van der Waals surface area contributed by atoms with E-state index >= 15 is 0 Å². The van der Waals surface area contributed by atoms with Gasteiger partial charge < -0.3 is 5.11 Å². The van der Waals surface area contributed by atoms with Crippen LogP contribution in [0.25, 0.3) is 0 Å². The fourth-order valence-electron chi connectivity index (χ4n) is 1.84. The Hall–Kier alpha value is -1.78. The summed E-state index contributed by atoms with van der Waals surface area (Å²) in [6.07, 6.45) is -4.81. The Kier molecular flexibility index (Phi) is 5.11. The van der Waals surface area contributed by atoms with E-state index in [1.165, 1.54) is 17.5 Å². The molecular formula is C13H9ClF3NO4S2. The van der Waals surface area contributed by atoms with Gasteiger partial charge in [-0.25, -0.2) is 8.42 Å². The summed E-state index contributed by atoms with van der Waals surface area (Å²) >= 11 is 6.32. The van der Waals surface area contributed by atoms with E-state index in [1.54, 1.807) is 0 Å². The molecule has 1 aromatic heterocycles. The van der Waals surface area contributed by atoms with Crippen molar-refractivity contribution in [2.45, 2.75) is 10.4 Å². The van der Waals surface area contributed by atoms with E-state index in [1.807, 2.05) is 0 Å². The van der Waals surface area contributed by atoms with E-state index in [-0.39, 0.29) is 4.21 Å². The third-order valence-corrected chi connectivity index (χ3v) is 6.34. The fourth-order valence-corrected chi connectivity index (χ4v) is 4.58. The van der Waals surface area contributed by atoms with Crippen LogP contribution in [-0.2, 0) is 21.0 Å². The maximum absolute atomic E-state index is 13.0. The minimum Gasteiger partial charge on any atom is -0.480 e. The van der Waals surface area contributed by atoms with Gasteiger partial charge in [-0.1, -0.05) is 17.7 Å². The molecule has 0 bridgehead atoms. The highest BCUT2D eigenvalue weighted by atomic mass is 35.5. The number of hydrogen-bond acceptors (Lipinski definition) is 4. The second-order valence-electron chi connectivity index (χ2n) is 4.50. The molecule has 2 aromatic rings. The first-order valence-corrected chi connectivity index (χ1v) is 8.88. The van der Waals surface area contributed by atoms with Gasteiger partial charge in [0.05, 0.1) is 16.3 Å². The molecule has 24 heavy (non-hydrogen) atoms. The molecule has 2 rings (SSSR count). The van der Waals surface area contributed by atoms with Crippen LogP contribution >= 0.6 is 22.9 Å². The molecule has 1 N–H and O–H groups in total. The number of benzene rings is 1. The van der Waals surface area contributed by atoms with E-state index < -0.39 is 45.0 Å². The summed E-state index contributed by atoms with van der Waals surface area (Å²) in [7, 11) is -4.32. The average Bonchev–Trinajstić information content (AvgIpc) is 2.99. The number of anilines is 1. The maximum atomic E-state index is 13.0. The number of sulfonamides is 1. The molecule has 0 unspecified atom stereocenters. The number of carbonyl (C=O) groups is 1. The van der Waals surface area contributed by atoms with Crippen molar-refractivity contribution in [3.05, 3.63) is 46.3 Å². The Balaban J connectivity index is 2.60. The predicted molar refractivity (Wildman–Crippen MR) is 82.9 cm³/mol. The molecule has 130 valence electrons. The molecule has 0 saturated carbocycles. The van der Waals surface area contributed by atoms with Crippen molar-refractivity contribution in [1.82, 2.24) is 0 Å². The number of nitrogens with zero attached hydrogens (tertiary/aromatic N) is 1. The molecule has 0 radical (unpaired) electrons. The minimum atomic E-state index is -4.81. The van der Waals surface area contributed by atoms with Gasteiger partial charge in [-0.3, -0.25) is 9.10 Å². The number of thiophene rings is 1. The molecule has 0 spiro atoms. The Labute approximate surface area is 143 Å². The number of alkyl halides is 3. The van der Waals surface area contributed by atoms with Crippen LogP contribution in [0.5, 0.6) is 0 Å². The first-order chi connectivity index (χ1) is 11.0. The molecule has 0 amide bonds. The van der Waals surface area contributed by atoms with Gasteiger partial charge in [0.25, 0.3) is 10.0 Å². The summed E-state index contributed by atoms with van der Waals surface area (Å²) in [6.45, 7) is -1.03. The zero-order chi connectivity index (χ0) is 18.1. The Morgan fingerprint density at radius 1 is 1.29 bits per heavy atom. The monoisotopic (exact) mass is 399 g/mol. The van der Waals surface area contributed by atoms with Gasteiger partial charge in [-0.15, -0.1) is 11.3 Å². The van der Waals surface area contributed by atoms with Crippen LogP contribution < -0.4 is 4.31 Å². The van der Waals surface area contributed by atoms with E-state index in [2.05, 4.69) is 0 Å². The molecule has 1 aromatic carbocycles. The third-order valence-electron chi connectivity index (χ3n) is 2.86. The average molecular weight is 400 g/mol. The van der Waals surface area contributed by atoms with Crippen molar-refractivity contribution in [2.75, 3.05) is 10.8 Å². The second-order valence-corrected chi connectivity index (χ2v) is 7.94. The largest absolute Gasteiger partial charge is 0.480 e. The van der Waals surface area contributed by atoms with E-state index in [0.29, 0.717) is 10.4 Å². The lowest BCUT2D eigenvalue weighted by molar-refractivity contribution is -0.137. The van der Waals surface area contributed by atoms with E-state index in [9.17, 15) is 26.4 Å². The molecule has 0 aliphatic carbocycles. The topological polar surface area (TPSA) is 74.7 Å². The number of carboxylic acid groups (broad SMARTS) is 1. The molecular weight excluding hydrogens is 391 g/mol. The van der Waals surface area contributed by atoms with Gasteiger partial charge in [-0.05, 0) is 29.6 Å². The highest BCUT2D eigenvalue weighted by Gasteiger charge is 2.35. The highest BCUT2D eigenvalue weighted by molar-refractivity contribution is 7.94. The van der Waals surface area contributed by atoms with Crippen LogP contribution in [0, 0.1) is 0 Å². The van der Waals surface area contributed by atoms with Crippen LogP contribution in [-0.4, -0.2) is 26.0 Å². The highest BCUT2D eigenvalue weighted by Crippen LogP contribution is 2.38. The smallest absolute Gasteiger partial charge is 0.417 e. The number of aliphatic carboxylic acids is 1. The van der Waals surface area contributed by atoms with Crippen molar-refractivity contribution in [3.63, 3.8) is 0 Å². The number of halogens is 4. The third kappa shape index (κ3) is 3.82. The van der Waals surface area contributed by atoms with Gasteiger partial charge >= 0.3 is 12.1 Å². The minimum absolute atomic E-state index is 0.188. The predicted octanol–water partition coefficient (Wildman–Crippen LogP) is 3.70. The SMILES string of the molecule is O=C(O)CN(c1ccc(Cl)c(C(F)(F)F)c1)S(=O)(=O)c1cccs1. The van der Waals surface area contributed by atoms with Crippen molar-refractivity contribution < 1.29 is 31.5 Å². The second kappa shape index (κ2) is 6.61. The maximum Gasteiger partial charge on any atom is 0.417 e. The van der Waals surface area contributed by atoms with Gasteiger partial charge in [0.2, 0.25) is 0 Å². The Morgan fingerprint density at radius 2 is 1.96 bits per heavy atom. The van der Waals surface area contributed by atoms with E-state index in [4.69, 9.17) is 16.7 Å². The van der Waals surface area contributed by atoms with Crippen LogP contribution in [0.3, 0.4) is 0 Å². The van der Waals surface area contributed by atoms with Crippen LogP contribution in [0.4, 0.5) is 18.9 Å². The van der Waals surface area contributed by atoms with Crippen LogP contribution in [0.1, 0.15) is 5.56 Å². The summed E-state index contributed by atoms with van der Waals surface area (Å²) in [5.41, 5.74) is -1.69. The Bertz CT molecular complexity index is 851. The molecule has 0 fully saturated rings. The summed E-state index contributed by atoms with van der Waals surface area (Å²) in [6, 6.07) is 5.07. The number of rotatable bonds is 5. The van der Waals surface area contributed by atoms with Crippen LogP contribution in [0.15, 0.2) is 39.9 Å². The van der Waals surface area contributed by atoms with Crippen molar-refractivity contribution in [3.8, 4) is 0 Å². The van der Waals surface area contributed by atoms with Gasteiger partial charge in [0, 0.05) is 0 Å². The summed E-state index contributed by atoms with van der Waals surface area (Å²) < 4.78 is 64.1. The lowest BCUT2D eigenvalue weighted by Gasteiger charge is -2.23. The molecule has 11 heteroatoms. The lowest BCUT2D eigenvalue weighted by atomic mass is 10.2. The summed E-state index contributed by atoms with van der Waals surface area (Å²) in [5.74, 6) is -1.52. The number of hydrogen-bond donors (Lipinski definition) is 1. The van der Waals surface area contributed by atoms with Crippen molar-refractivity contribution >= 4 is 44.6 Å². The van der Waals surface area contributed by atoms with Gasteiger partial charge in [-0.2, -0.15) is 13.2 Å². The summed E-state index contributed by atoms with van der Waals surface area (Å²) in [5, 5.41) is 9.78. The zero-order valence-corrected chi connectivity index (χ0v) is 14.0. The number of carboxylic acids is 1. The molecule has 0 aliphatic heterocycles. The van der Waals surface area contributed by atoms with Crippen molar-refractivity contribution in [2.24, 2.45) is 0 Å². The summed E-state index contributed by atoms with van der Waals surface area (Å²) in [4.78, 5) is 11.0. The molecule has 0 aliphatic rings. The van der Waals surface area contributed by atoms with Gasteiger partial charge in [0.1, 0.15) is 10.8 Å². The Morgan fingerprint density at radius 3 is 2.46 bits per heavy atom. The standard InChI is InChI=1S/C13H9ClF3NO4S2/c14-10-4-3-8(6-9(10)13(15,16)17)18(7-11(19)20)24(21,22)12-2-1-5-23-12/h1-6H,7H2,(H,19,20). The molecule has 0 saturated heterocycles. The quantitative estimate of drug-likeness (QED) is 0.831. The van der Waals surface area contributed by atoms with Crippen molar-refractivity contribution in [1.29, 1.82) is 0 Å². The fraction of sp³-hybridized carbons (Fsp3) is 0.154. The molecule has 0 atom stereocenters. The first kappa shape index (κ1) is 18.6. The zero-order valence-electron chi connectivity index (χ0n) is 11.6.